The van der Waals surface area contributed by atoms with Crippen molar-refractivity contribution in [1.29, 1.82) is 0 Å². The number of nitrogens with one attached hydrogen (secondary N) is 2. The lowest BCUT2D eigenvalue weighted by Gasteiger charge is -2.18. The highest BCUT2D eigenvalue weighted by molar-refractivity contribution is 5.79. The number of hydrogen-bond donors (Lipinski definition) is 4. The van der Waals surface area contributed by atoms with Crippen molar-refractivity contribution in [2.75, 3.05) is 13.1 Å². The third kappa shape index (κ3) is 4.33. The molecule has 0 aromatic heterocycles. The van der Waals surface area contributed by atoms with Crippen molar-refractivity contribution in [2.24, 2.45) is 0 Å². The number of carboxylic acids is 1. The van der Waals surface area contributed by atoms with E-state index in [2.05, 4.69) is 16.6 Å². The number of aliphatic carboxylic acids is 1. The van der Waals surface area contributed by atoms with E-state index in [1.54, 1.807) is 0 Å². The number of carboxylic acid groups (broad SMARTS) is 1. The van der Waals surface area contributed by atoms with Gasteiger partial charge in [-0.3, -0.25) is 0 Å². The Kier molecular flexibility index (Phi) is 4.46. The molecule has 0 aromatic carbocycles. The Bertz CT molecular complexity index is 267. The number of terminal acetylenes is 1. The van der Waals surface area contributed by atoms with Gasteiger partial charge in [0.2, 0.25) is 0 Å². The number of hydrogen-bond acceptors (Lipinski definition) is 3. The molecule has 0 rings (SSSR count). The Morgan fingerprint density at radius 3 is 2.50 bits per heavy atom. The van der Waals surface area contributed by atoms with Crippen LogP contribution in [0.25, 0.3) is 0 Å². The van der Waals surface area contributed by atoms with Gasteiger partial charge in [-0.25, -0.2) is 9.59 Å². The van der Waals surface area contributed by atoms with Crippen LogP contribution in [0.1, 0.15) is 6.92 Å². The minimum Gasteiger partial charge on any atom is -0.479 e. The van der Waals surface area contributed by atoms with E-state index < -0.39 is 24.1 Å². The predicted molar refractivity (Wildman–Crippen MR) is 48.5 cm³/mol. The van der Waals surface area contributed by atoms with E-state index >= 15 is 0 Å². The van der Waals surface area contributed by atoms with Crippen molar-refractivity contribution in [3.05, 3.63) is 0 Å². The van der Waals surface area contributed by atoms with E-state index in [0.29, 0.717) is 0 Å². The molecule has 2 amide bonds. The maximum absolute atomic E-state index is 10.8. The molecule has 1 unspecified atom stereocenters. The van der Waals surface area contributed by atoms with Crippen LogP contribution in [0, 0.1) is 12.3 Å². The van der Waals surface area contributed by atoms with E-state index in [9.17, 15) is 14.7 Å². The standard InChI is InChI=1S/C8H12N2O4/c1-3-4-9-7(13)10-5-8(2,14)6(11)12/h1,14H,4-5H2,2H3,(H,11,12)(H2,9,10,13). The molecule has 0 heterocycles. The van der Waals surface area contributed by atoms with Gasteiger partial charge in [-0.15, -0.1) is 6.42 Å². The number of carbonyl (C=O) groups excluding carboxylic acids is 1. The summed E-state index contributed by atoms with van der Waals surface area (Å²) in [5, 5.41) is 22.1. The lowest BCUT2D eigenvalue weighted by molar-refractivity contribution is -0.155. The molecule has 4 N–H and O–H groups in total. The molecule has 0 aliphatic heterocycles. The topological polar surface area (TPSA) is 98.7 Å². The van der Waals surface area contributed by atoms with E-state index in [-0.39, 0.29) is 6.54 Å². The highest BCUT2D eigenvalue weighted by Gasteiger charge is 2.30. The Balaban J connectivity index is 3.89. The lowest BCUT2D eigenvalue weighted by Crippen LogP contribution is -2.49. The van der Waals surface area contributed by atoms with Gasteiger partial charge in [0, 0.05) is 0 Å². The first-order valence-corrected chi connectivity index (χ1v) is 3.81. The lowest BCUT2D eigenvalue weighted by atomic mass is 10.1. The first-order valence-electron chi connectivity index (χ1n) is 3.81. The molecule has 0 aliphatic carbocycles. The minimum absolute atomic E-state index is 0.0427. The number of urea groups is 1. The average molecular weight is 200 g/mol. The molecule has 0 fully saturated rings. The summed E-state index contributed by atoms with van der Waals surface area (Å²) in [6.45, 7) is 0.733. The summed E-state index contributed by atoms with van der Waals surface area (Å²) in [6, 6.07) is -0.621. The SMILES string of the molecule is C#CCNC(=O)NCC(C)(O)C(=O)O. The van der Waals surface area contributed by atoms with Crippen molar-refractivity contribution >= 4 is 12.0 Å². The van der Waals surface area contributed by atoms with Crippen LogP contribution in [0.5, 0.6) is 0 Å². The third-order valence-electron chi connectivity index (χ3n) is 1.40. The van der Waals surface area contributed by atoms with Crippen LogP contribution < -0.4 is 10.6 Å². The molecule has 6 nitrogen and oxygen atoms in total. The summed E-state index contributed by atoms with van der Waals surface area (Å²) in [7, 11) is 0. The Morgan fingerprint density at radius 2 is 2.07 bits per heavy atom. The molecule has 1 atom stereocenters. The van der Waals surface area contributed by atoms with Gasteiger partial charge in [-0.1, -0.05) is 5.92 Å². The van der Waals surface area contributed by atoms with Gasteiger partial charge in [0.25, 0.3) is 0 Å². The van der Waals surface area contributed by atoms with Crippen molar-refractivity contribution in [3.63, 3.8) is 0 Å². The van der Waals surface area contributed by atoms with Crippen LogP contribution in [0.4, 0.5) is 4.79 Å². The summed E-state index contributed by atoms with van der Waals surface area (Å²) < 4.78 is 0. The Hall–Kier alpha value is -1.74. The minimum atomic E-state index is -1.98. The van der Waals surface area contributed by atoms with Crippen LogP contribution in [0.2, 0.25) is 0 Å². The maximum atomic E-state index is 10.8. The number of rotatable bonds is 4. The zero-order valence-corrected chi connectivity index (χ0v) is 7.70. The van der Waals surface area contributed by atoms with Crippen LogP contribution >= 0.6 is 0 Å². The smallest absolute Gasteiger partial charge is 0.337 e. The van der Waals surface area contributed by atoms with Gasteiger partial charge in [-0.05, 0) is 6.92 Å². The molecule has 0 aromatic rings. The monoisotopic (exact) mass is 200 g/mol. The molecular formula is C8H12N2O4. The number of amides is 2. The van der Waals surface area contributed by atoms with E-state index in [1.165, 1.54) is 0 Å². The first-order chi connectivity index (χ1) is 6.40. The van der Waals surface area contributed by atoms with Crippen molar-refractivity contribution in [1.82, 2.24) is 10.6 Å². The molecule has 0 bridgehead atoms. The fraction of sp³-hybridized carbons (Fsp3) is 0.500. The highest BCUT2D eigenvalue weighted by atomic mass is 16.4. The van der Waals surface area contributed by atoms with Crippen LogP contribution in [0.3, 0.4) is 0 Å². The molecule has 78 valence electrons. The maximum Gasteiger partial charge on any atom is 0.337 e. The molecule has 14 heavy (non-hydrogen) atoms. The number of carbonyl (C=O) groups is 2. The molecule has 0 aliphatic rings. The van der Waals surface area contributed by atoms with Gasteiger partial charge in [0.1, 0.15) is 0 Å². The summed E-state index contributed by atoms with van der Waals surface area (Å²) in [6.07, 6.45) is 4.87. The summed E-state index contributed by atoms with van der Waals surface area (Å²) >= 11 is 0. The normalized spacial score (nSPS) is 13.5. The van der Waals surface area contributed by atoms with Gasteiger partial charge < -0.3 is 20.8 Å². The van der Waals surface area contributed by atoms with E-state index in [0.717, 1.165) is 6.92 Å². The van der Waals surface area contributed by atoms with Crippen molar-refractivity contribution < 1.29 is 19.8 Å². The molecule has 0 saturated heterocycles. The molecule has 0 saturated carbocycles. The van der Waals surface area contributed by atoms with Crippen molar-refractivity contribution in [2.45, 2.75) is 12.5 Å². The second-order valence-electron chi connectivity index (χ2n) is 2.82. The third-order valence-corrected chi connectivity index (χ3v) is 1.40. The first kappa shape index (κ1) is 12.3. The molecule has 0 radical (unpaired) electrons. The van der Waals surface area contributed by atoms with E-state index in [1.807, 2.05) is 0 Å². The molecular weight excluding hydrogens is 188 g/mol. The zero-order chi connectivity index (χ0) is 11.2. The van der Waals surface area contributed by atoms with Crippen LogP contribution in [-0.2, 0) is 4.79 Å². The fourth-order valence-corrected chi connectivity index (χ4v) is 0.522. The van der Waals surface area contributed by atoms with E-state index in [4.69, 9.17) is 11.5 Å². The molecule has 0 spiro atoms. The van der Waals surface area contributed by atoms with Gasteiger partial charge in [0.15, 0.2) is 5.60 Å². The zero-order valence-electron chi connectivity index (χ0n) is 7.70. The fourth-order valence-electron chi connectivity index (χ4n) is 0.522. The summed E-state index contributed by atoms with van der Waals surface area (Å²) in [4.78, 5) is 21.2. The molecule has 6 heteroatoms. The van der Waals surface area contributed by atoms with Gasteiger partial charge in [0.05, 0.1) is 13.1 Å². The van der Waals surface area contributed by atoms with Gasteiger partial charge in [-0.2, -0.15) is 0 Å². The largest absolute Gasteiger partial charge is 0.479 e. The number of aliphatic hydroxyl groups is 1. The summed E-state index contributed by atoms with van der Waals surface area (Å²) in [5.41, 5.74) is -1.98. The second kappa shape index (κ2) is 5.09. The van der Waals surface area contributed by atoms with Crippen LogP contribution in [0.15, 0.2) is 0 Å². The quantitative estimate of drug-likeness (QED) is 0.426. The average Bonchev–Trinajstić information content (AvgIpc) is 2.11. The Morgan fingerprint density at radius 1 is 1.50 bits per heavy atom. The summed E-state index contributed by atoms with van der Waals surface area (Å²) in [5.74, 6) is 0.760. The van der Waals surface area contributed by atoms with Crippen LogP contribution in [-0.4, -0.2) is 40.9 Å². The second-order valence-corrected chi connectivity index (χ2v) is 2.82. The van der Waals surface area contributed by atoms with Gasteiger partial charge >= 0.3 is 12.0 Å². The highest BCUT2D eigenvalue weighted by Crippen LogP contribution is 2.00. The Labute approximate surface area is 81.3 Å². The predicted octanol–water partition coefficient (Wildman–Crippen LogP) is -1.25. The van der Waals surface area contributed by atoms with Crippen molar-refractivity contribution in [3.8, 4) is 12.3 Å².